The van der Waals surface area contributed by atoms with Crippen LogP contribution >= 0.6 is 0 Å². The summed E-state index contributed by atoms with van der Waals surface area (Å²) in [6.07, 6.45) is 0. The first kappa shape index (κ1) is 15.3. The molecule has 0 atom stereocenters. The van der Waals surface area contributed by atoms with E-state index < -0.39 is 0 Å². The van der Waals surface area contributed by atoms with Gasteiger partial charge in [0.25, 0.3) is 11.5 Å². The summed E-state index contributed by atoms with van der Waals surface area (Å²) in [5.74, 6) is -0.185. The minimum Gasteiger partial charge on any atom is -0.368 e. The van der Waals surface area contributed by atoms with Crippen LogP contribution in [-0.2, 0) is 0 Å². The lowest BCUT2D eigenvalue weighted by Crippen LogP contribution is -2.49. The van der Waals surface area contributed by atoms with E-state index in [4.69, 9.17) is 0 Å². The Balaban J connectivity index is 1.69. The van der Waals surface area contributed by atoms with Crippen molar-refractivity contribution in [2.45, 2.75) is 13.8 Å². The van der Waals surface area contributed by atoms with Crippen LogP contribution in [0.2, 0.25) is 0 Å². The van der Waals surface area contributed by atoms with Gasteiger partial charge in [0.2, 0.25) is 0 Å². The minimum absolute atomic E-state index is 0.185. The molecule has 3 rings (SSSR count). The SMILES string of the molecule is Cc1cccc(N2CCN(C(=O)c3ccc(C)[nH]c3=O)CC2)c1. The Kier molecular flexibility index (Phi) is 4.19. The third-order valence-corrected chi connectivity index (χ3v) is 4.22. The number of hydrogen-bond donors (Lipinski definition) is 1. The maximum Gasteiger partial charge on any atom is 0.260 e. The predicted octanol–water partition coefficient (Wildman–Crippen LogP) is 1.95. The maximum atomic E-state index is 12.5. The number of aromatic amines is 1. The van der Waals surface area contributed by atoms with Crippen molar-refractivity contribution in [1.82, 2.24) is 9.88 Å². The summed E-state index contributed by atoms with van der Waals surface area (Å²) in [6, 6.07) is 11.7. The average Bonchev–Trinajstić information content (AvgIpc) is 2.54. The highest BCUT2D eigenvalue weighted by atomic mass is 16.2. The van der Waals surface area contributed by atoms with Gasteiger partial charge in [-0.25, -0.2) is 0 Å². The number of nitrogens with zero attached hydrogens (tertiary/aromatic N) is 2. The maximum absolute atomic E-state index is 12.5. The van der Waals surface area contributed by atoms with Gasteiger partial charge >= 0.3 is 0 Å². The molecule has 1 fully saturated rings. The standard InChI is InChI=1S/C18H21N3O2/c1-13-4-3-5-15(12-13)20-8-10-21(11-9-20)18(23)16-7-6-14(2)19-17(16)22/h3-7,12H,8-11H2,1-2H3,(H,19,22). The number of carbonyl (C=O) groups is 1. The highest BCUT2D eigenvalue weighted by Gasteiger charge is 2.23. The number of piperazine rings is 1. The summed E-state index contributed by atoms with van der Waals surface area (Å²) in [7, 11) is 0. The molecule has 23 heavy (non-hydrogen) atoms. The van der Waals surface area contributed by atoms with Crippen molar-refractivity contribution in [2.75, 3.05) is 31.1 Å². The Hall–Kier alpha value is -2.56. The molecular weight excluding hydrogens is 290 g/mol. The first-order valence-corrected chi connectivity index (χ1v) is 7.85. The third kappa shape index (κ3) is 3.28. The third-order valence-electron chi connectivity index (χ3n) is 4.22. The lowest BCUT2D eigenvalue weighted by Gasteiger charge is -2.36. The molecule has 1 N–H and O–H groups in total. The molecule has 2 heterocycles. The second-order valence-electron chi connectivity index (χ2n) is 6.00. The van der Waals surface area contributed by atoms with Gasteiger partial charge in [-0.1, -0.05) is 12.1 Å². The summed E-state index contributed by atoms with van der Waals surface area (Å²) in [4.78, 5) is 31.2. The van der Waals surface area contributed by atoms with Crippen molar-refractivity contribution in [3.63, 3.8) is 0 Å². The lowest BCUT2D eigenvalue weighted by molar-refractivity contribution is 0.0745. The van der Waals surface area contributed by atoms with E-state index in [1.165, 1.54) is 11.3 Å². The van der Waals surface area contributed by atoms with Crippen molar-refractivity contribution in [2.24, 2.45) is 0 Å². The lowest BCUT2D eigenvalue weighted by atomic mass is 10.1. The molecule has 0 aliphatic carbocycles. The van der Waals surface area contributed by atoms with Gasteiger partial charge in [0.05, 0.1) is 0 Å². The Morgan fingerprint density at radius 1 is 1.04 bits per heavy atom. The van der Waals surface area contributed by atoms with Crippen molar-refractivity contribution in [3.05, 3.63) is 63.6 Å². The fraction of sp³-hybridized carbons (Fsp3) is 0.333. The smallest absolute Gasteiger partial charge is 0.260 e. The van der Waals surface area contributed by atoms with Gasteiger partial charge in [0.15, 0.2) is 0 Å². The zero-order valence-corrected chi connectivity index (χ0v) is 13.5. The molecule has 0 radical (unpaired) electrons. The Labute approximate surface area is 135 Å². The summed E-state index contributed by atoms with van der Waals surface area (Å²) in [6.45, 7) is 6.68. The van der Waals surface area contributed by atoms with Crippen LogP contribution in [0.4, 0.5) is 5.69 Å². The molecule has 2 aromatic rings. The summed E-state index contributed by atoms with van der Waals surface area (Å²) in [5.41, 5.74) is 3.09. The number of aryl methyl sites for hydroxylation is 2. The van der Waals surface area contributed by atoms with Crippen molar-refractivity contribution < 1.29 is 4.79 Å². The van der Waals surface area contributed by atoms with Gasteiger partial charge in [-0.3, -0.25) is 9.59 Å². The van der Waals surface area contributed by atoms with E-state index in [1.807, 2.05) is 6.07 Å². The molecule has 0 bridgehead atoms. The van der Waals surface area contributed by atoms with Crippen LogP contribution in [-0.4, -0.2) is 42.0 Å². The molecule has 0 unspecified atom stereocenters. The topological polar surface area (TPSA) is 56.4 Å². The van der Waals surface area contributed by atoms with Gasteiger partial charge in [0, 0.05) is 37.6 Å². The molecule has 5 heteroatoms. The summed E-state index contributed by atoms with van der Waals surface area (Å²) in [5, 5.41) is 0. The molecule has 0 saturated carbocycles. The molecule has 1 aromatic heterocycles. The molecule has 1 aliphatic heterocycles. The number of amides is 1. The number of anilines is 1. The number of nitrogens with one attached hydrogen (secondary N) is 1. The van der Waals surface area contributed by atoms with Crippen LogP contribution in [0.1, 0.15) is 21.6 Å². The predicted molar refractivity (Wildman–Crippen MR) is 91.1 cm³/mol. The number of hydrogen-bond acceptors (Lipinski definition) is 3. The molecule has 1 aromatic carbocycles. The van der Waals surface area contributed by atoms with E-state index in [1.54, 1.807) is 24.0 Å². The normalized spacial score (nSPS) is 14.9. The fourth-order valence-electron chi connectivity index (χ4n) is 2.90. The first-order chi connectivity index (χ1) is 11.0. The number of aromatic nitrogens is 1. The van der Waals surface area contributed by atoms with Crippen LogP contribution < -0.4 is 10.5 Å². The van der Waals surface area contributed by atoms with Crippen LogP contribution in [0.3, 0.4) is 0 Å². The highest BCUT2D eigenvalue weighted by Crippen LogP contribution is 2.18. The average molecular weight is 311 g/mol. The molecular formula is C18H21N3O2. The van der Waals surface area contributed by atoms with E-state index in [-0.39, 0.29) is 17.0 Å². The van der Waals surface area contributed by atoms with E-state index in [2.05, 4.69) is 35.0 Å². The monoisotopic (exact) mass is 311 g/mol. The largest absolute Gasteiger partial charge is 0.368 e. The van der Waals surface area contributed by atoms with Gasteiger partial charge in [-0.05, 0) is 43.7 Å². The van der Waals surface area contributed by atoms with Crippen molar-refractivity contribution in [1.29, 1.82) is 0 Å². The van der Waals surface area contributed by atoms with Crippen LogP contribution in [0, 0.1) is 13.8 Å². The van der Waals surface area contributed by atoms with E-state index in [9.17, 15) is 9.59 Å². The van der Waals surface area contributed by atoms with Crippen LogP contribution in [0.25, 0.3) is 0 Å². The zero-order chi connectivity index (χ0) is 16.4. The quantitative estimate of drug-likeness (QED) is 0.922. The van der Waals surface area contributed by atoms with E-state index >= 15 is 0 Å². The number of rotatable bonds is 2. The van der Waals surface area contributed by atoms with E-state index in [0.717, 1.165) is 18.8 Å². The van der Waals surface area contributed by atoms with E-state index in [0.29, 0.717) is 13.1 Å². The summed E-state index contributed by atoms with van der Waals surface area (Å²) >= 11 is 0. The highest BCUT2D eigenvalue weighted by molar-refractivity contribution is 5.94. The fourth-order valence-corrected chi connectivity index (χ4v) is 2.90. The Morgan fingerprint density at radius 2 is 1.78 bits per heavy atom. The van der Waals surface area contributed by atoms with Crippen molar-refractivity contribution >= 4 is 11.6 Å². The zero-order valence-electron chi connectivity index (χ0n) is 13.5. The Bertz CT molecular complexity index is 774. The van der Waals surface area contributed by atoms with Gasteiger partial charge in [-0.2, -0.15) is 0 Å². The molecule has 5 nitrogen and oxygen atoms in total. The number of pyridine rings is 1. The second-order valence-corrected chi connectivity index (χ2v) is 6.00. The second kappa shape index (κ2) is 6.28. The summed E-state index contributed by atoms with van der Waals surface area (Å²) < 4.78 is 0. The molecule has 1 amide bonds. The van der Waals surface area contributed by atoms with Crippen LogP contribution in [0.5, 0.6) is 0 Å². The molecule has 120 valence electrons. The van der Waals surface area contributed by atoms with Crippen LogP contribution in [0.15, 0.2) is 41.2 Å². The number of benzene rings is 1. The molecule has 1 saturated heterocycles. The number of H-pyrrole nitrogens is 1. The molecule has 0 spiro atoms. The number of carbonyl (C=O) groups excluding carboxylic acids is 1. The van der Waals surface area contributed by atoms with Gasteiger partial charge < -0.3 is 14.8 Å². The Morgan fingerprint density at radius 3 is 2.43 bits per heavy atom. The van der Waals surface area contributed by atoms with Gasteiger partial charge in [0.1, 0.15) is 5.56 Å². The minimum atomic E-state index is -0.309. The first-order valence-electron chi connectivity index (χ1n) is 7.85. The van der Waals surface area contributed by atoms with Crippen molar-refractivity contribution in [3.8, 4) is 0 Å². The molecule has 1 aliphatic rings. The van der Waals surface area contributed by atoms with Gasteiger partial charge in [-0.15, -0.1) is 0 Å².